The minimum atomic E-state index is -0.851. The maximum atomic E-state index is 11.8. The molecule has 0 radical (unpaired) electrons. The number of carbonyl (C=O) groups is 1. The number of carboxylic acids is 1. The van der Waals surface area contributed by atoms with E-state index in [-0.39, 0.29) is 25.0 Å². The van der Waals surface area contributed by atoms with Crippen LogP contribution < -0.4 is 19.5 Å². The number of anilines is 1. The highest BCUT2D eigenvalue weighted by Gasteiger charge is 2.30. The molecule has 9 nitrogen and oxygen atoms in total. The van der Waals surface area contributed by atoms with Gasteiger partial charge in [0.1, 0.15) is 5.82 Å². The zero-order valence-electron chi connectivity index (χ0n) is 21.6. The van der Waals surface area contributed by atoms with E-state index < -0.39 is 5.97 Å². The lowest BCUT2D eigenvalue weighted by Crippen LogP contribution is -2.16. The number of fused-ring (bicyclic) bond motifs is 2. The molecular formula is C28H34N4O5. The first kappa shape index (κ1) is 24.9. The van der Waals surface area contributed by atoms with E-state index in [1.54, 1.807) is 4.68 Å². The second-order valence-electron chi connectivity index (χ2n) is 9.75. The molecular weight excluding hydrogens is 472 g/mol. The smallest absolute Gasteiger partial charge is 0.303 e. The Morgan fingerprint density at radius 1 is 1.22 bits per heavy atom. The maximum absolute atomic E-state index is 11.8. The van der Waals surface area contributed by atoms with Gasteiger partial charge in [0.15, 0.2) is 11.5 Å². The molecule has 2 aliphatic heterocycles. The van der Waals surface area contributed by atoms with Crippen molar-refractivity contribution < 1.29 is 24.1 Å². The van der Waals surface area contributed by atoms with Gasteiger partial charge in [0.05, 0.1) is 18.7 Å². The molecule has 196 valence electrons. The molecule has 9 heteroatoms. The van der Waals surface area contributed by atoms with E-state index in [0.29, 0.717) is 30.4 Å². The van der Waals surface area contributed by atoms with Crippen molar-refractivity contribution in [1.82, 2.24) is 14.8 Å². The Bertz CT molecular complexity index is 1290. The second-order valence-corrected chi connectivity index (χ2v) is 9.75. The number of aryl methyl sites for hydroxylation is 2. The fraction of sp³-hybridized carbons (Fsp3) is 0.464. The minimum absolute atomic E-state index is 0.0116. The van der Waals surface area contributed by atoms with Crippen molar-refractivity contribution in [2.45, 2.75) is 57.8 Å². The molecule has 2 aliphatic rings. The van der Waals surface area contributed by atoms with E-state index in [4.69, 9.17) is 24.3 Å². The SMILES string of the molecule is CCC(c1cc(OCCc2cc(C)c3c(n2)NCCC3)n(C)n1)C(CC(=O)O)c1ccc2c(c1)OCO2. The highest BCUT2D eigenvalue weighted by molar-refractivity contribution is 5.68. The van der Waals surface area contributed by atoms with E-state index in [1.807, 2.05) is 31.3 Å². The lowest BCUT2D eigenvalue weighted by molar-refractivity contribution is -0.137. The molecule has 0 spiro atoms. The largest absolute Gasteiger partial charge is 0.481 e. The Morgan fingerprint density at radius 3 is 2.86 bits per heavy atom. The third kappa shape index (κ3) is 5.35. The molecule has 0 aliphatic carbocycles. The molecule has 37 heavy (non-hydrogen) atoms. The van der Waals surface area contributed by atoms with Crippen molar-refractivity contribution >= 4 is 11.8 Å². The highest BCUT2D eigenvalue weighted by atomic mass is 16.7. The van der Waals surface area contributed by atoms with Gasteiger partial charge in [0.2, 0.25) is 12.7 Å². The van der Waals surface area contributed by atoms with Crippen molar-refractivity contribution in [2.24, 2.45) is 7.05 Å². The van der Waals surface area contributed by atoms with Crippen LogP contribution in [0.25, 0.3) is 0 Å². The summed E-state index contributed by atoms with van der Waals surface area (Å²) in [5, 5.41) is 17.8. The third-order valence-corrected chi connectivity index (χ3v) is 7.29. The number of aromatic nitrogens is 3. The number of aliphatic carboxylic acids is 1. The lowest BCUT2D eigenvalue weighted by atomic mass is 9.80. The summed E-state index contributed by atoms with van der Waals surface area (Å²) in [6, 6.07) is 9.74. The number of hydrogen-bond donors (Lipinski definition) is 2. The fourth-order valence-electron chi connectivity index (χ4n) is 5.40. The molecule has 5 rings (SSSR count). The van der Waals surface area contributed by atoms with Crippen molar-refractivity contribution in [3.8, 4) is 17.4 Å². The van der Waals surface area contributed by atoms with Crippen LogP contribution in [0, 0.1) is 6.92 Å². The number of nitrogens with zero attached hydrogens (tertiary/aromatic N) is 3. The molecule has 2 aromatic heterocycles. The minimum Gasteiger partial charge on any atom is -0.481 e. The molecule has 3 aromatic rings. The number of rotatable bonds is 10. The first-order chi connectivity index (χ1) is 17.9. The molecule has 0 saturated carbocycles. The van der Waals surface area contributed by atoms with E-state index in [0.717, 1.165) is 48.6 Å². The molecule has 4 heterocycles. The van der Waals surface area contributed by atoms with Gasteiger partial charge in [-0.3, -0.25) is 4.79 Å². The normalized spacial score (nSPS) is 15.5. The Hall–Kier alpha value is -3.75. The van der Waals surface area contributed by atoms with Crippen LogP contribution in [0.3, 0.4) is 0 Å². The average molecular weight is 507 g/mol. The Kier molecular flexibility index (Phi) is 7.21. The Morgan fingerprint density at radius 2 is 2.05 bits per heavy atom. The summed E-state index contributed by atoms with van der Waals surface area (Å²) in [5.41, 5.74) is 5.30. The average Bonchev–Trinajstić information content (AvgIpc) is 3.49. The van der Waals surface area contributed by atoms with Crippen LogP contribution in [0.1, 0.15) is 66.1 Å². The summed E-state index contributed by atoms with van der Waals surface area (Å²) >= 11 is 0. The van der Waals surface area contributed by atoms with Crippen LogP contribution in [0.2, 0.25) is 0 Å². The topological polar surface area (TPSA) is 108 Å². The van der Waals surface area contributed by atoms with Gasteiger partial charge < -0.3 is 24.6 Å². The molecule has 2 unspecified atom stereocenters. The van der Waals surface area contributed by atoms with Crippen molar-refractivity contribution in [3.63, 3.8) is 0 Å². The molecule has 2 N–H and O–H groups in total. The Balaban J connectivity index is 1.31. The van der Waals surface area contributed by atoms with E-state index in [1.165, 1.54) is 11.1 Å². The number of carboxylic acid groups (broad SMARTS) is 1. The molecule has 0 amide bonds. The van der Waals surface area contributed by atoms with Crippen LogP contribution in [0.5, 0.6) is 17.4 Å². The highest BCUT2D eigenvalue weighted by Crippen LogP contribution is 2.42. The summed E-state index contributed by atoms with van der Waals surface area (Å²) in [6.45, 7) is 5.81. The number of pyridine rings is 1. The van der Waals surface area contributed by atoms with Gasteiger partial charge in [-0.15, -0.1) is 0 Å². The first-order valence-corrected chi connectivity index (χ1v) is 12.9. The van der Waals surface area contributed by atoms with Crippen molar-refractivity contribution in [2.75, 3.05) is 25.3 Å². The summed E-state index contributed by atoms with van der Waals surface area (Å²) < 4.78 is 18.8. The van der Waals surface area contributed by atoms with Crippen LogP contribution in [-0.2, 0) is 24.7 Å². The van der Waals surface area contributed by atoms with Crippen LogP contribution in [0.15, 0.2) is 30.3 Å². The van der Waals surface area contributed by atoms with Gasteiger partial charge in [0.25, 0.3) is 0 Å². The second kappa shape index (κ2) is 10.7. The zero-order valence-corrected chi connectivity index (χ0v) is 21.6. The summed E-state index contributed by atoms with van der Waals surface area (Å²) in [7, 11) is 1.85. The summed E-state index contributed by atoms with van der Waals surface area (Å²) in [4.78, 5) is 16.6. The molecule has 0 bridgehead atoms. The van der Waals surface area contributed by atoms with Crippen LogP contribution in [-0.4, -0.2) is 45.8 Å². The van der Waals surface area contributed by atoms with Gasteiger partial charge >= 0.3 is 5.97 Å². The number of ether oxygens (including phenoxy) is 3. The predicted octanol–water partition coefficient (Wildman–Crippen LogP) is 4.58. The predicted molar refractivity (Wildman–Crippen MR) is 139 cm³/mol. The molecule has 1 aromatic carbocycles. The summed E-state index contributed by atoms with van der Waals surface area (Å²) in [6.07, 6.45) is 3.62. The first-order valence-electron chi connectivity index (χ1n) is 12.9. The lowest BCUT2D eigenvalue weighted by Gasteiger charge is -2.24. The van der Waals surface area contributed by atoms with E-state index >= 15 is 0 Å². The summed E-state index contributed by atoms with van der Waals surface area (Å²) in [5.74, 6) is 1.76. The molecule has 2 atom stereocenters. The van der Waals surface area contributed by atoms with Crippen molar-refractivity contribution in [3.05, 3.63) is 58.4 Å². The fourth-order valence-corrected chi connectivity index (χ4v) is 5.40. The number of benzene rings is 1. The van der Waals surface area contributed by atoms with Gasteiger partial charge in [-0.05, 0) is 61.1 Å². The van der Waals surface area contributed by atoms with Crippen molar-refractivity contribution in [1.29, 1.82) is 0 Å². The monoisotopic (exact) mass is 506 g/mol. The Labute approximate surface area is 216 Å². The maximum Gasteiger partial charge on any atom is 0.303 e. The molecule has 0 fully saturated rings. The van der Waals surface area contributed by atoms with Gasteiger partial charge in [-0.25, -0.2) is 9.67 Å². The third-order valence-electron chi connectivity index (χ3n) is 7.29. The van der Waals surface area contributed by atoms with Crippen LogP contribution >= 0.6 is 0 Å². The molecule has 0 saturated heterocycles. The van der Waals surface area contributed by atoms with Gasteiger partial charge in [-0.1, -0.05) is 13.0 Å². The quantitative estimate of drug-likeness (QED) is 0.411. The van der Waals surface area contributed by atoms with Crippen LogP contribution in [0.4, 0.5) is 5.82 Å². The zero-order chi connectivity index (χ0) is 25.9. The van der Waals surface area contributed by atoms with Gasteiger partial charge in [0, 0.05) is 43.6 Å². The van der Waals surface area contributed by atoms with E-state index in [9.17, 15) is 9.90 Å². The number of hydrogen-bond acceptors (Lipinski definition) is 7. The standard InChI is InChI=1S/C28H34N4O5/c1-4-20(22(14-27(33)34)18-7-8-24-25(13-18)37-16-36-24)23-15-26(32(3)31-23)35-11-9-19-12-17(2)21-6-5-10-29-28(21)30-19/h7-8,12-13,15,20,22H,4-6,9-11,14,16H2,1-3H3,(H,29,30)(H,33,34). The number of nitrogens with one attached hydrogen (secondary N) is 1. The van der Waals surface area contributed by atoms with E-state index in [2.05, 4.69) is 25.2 Å². The van der Waals surface area contributed by atoms with Gasteiger partial charge in [-0.2, -0.15) is 5.10 Å².